The minimum Gasteiger partial charge on any atom is -0.399 e. The van der Waals surface area contributed by atoms with E-state index < -0.39 is 0 Å². The van der Waals surface area contributed by atoms with Crippen LogP contribution in [0.1, 0.15) is 43.0 Å². The van der Waals surface area contributed by atoms with Crippen LogP contribution in [0.25, 0.3) is 0 Å². The van der Waals surface area contributed by atoms with Gasteiger partial charge in [-0.3, -0.25) is 4.79 Å². The number of carbonyl (C=O) groups excluding carboxylic acids is 1. The predicted molar refractivity (Wildman–Crippen MR) is 102 cm³/mol. The van der Waals surface area contributed by atoms with Crippen molar-refractivity contribution in [1.82, 2.24) is 5.32 Å². The smallest absolute Gasteiger partial charge is 0.217 e. The molecule has 1 unspecified atom stereocenters. The molecule has 1 saturated heterocycles. The molecule has 2 aromatic rings. The molecule has 0 bridgehead atoms. The number of anilines is 1. The van der Waals surface area contributed by atoms with E-state index in [-0.39, 0.29) is 18.0 Å². The molecule has 1 fully saturated rings. The number of nitrogens with two attached hydrogens (primary N) is 1. The van der Waals surface area contributed by atoms with Crippen molar-refractivity contribution in [2.75, 3.05) is 25.9 Å². The number of rotatable bonds is 5. The van der Waals surface area contributed by atoms with Crippen LogP contribution in [-0.4, -0.2) is 30.5 Å². The van der Waals surface area contributed by atoms with Crippen molar-refractivity contribution >= 4 is 11.6 Å². The van der Waals surface area contributed by atoms with Gasteiger partial charge in [0.1, 0.15) is 12.1 Å². The first-order chi connectivity index (χ1) is 12.0. The van der Waals surface area contributed by atoms with Gasteiger partial charge in [0.25, 0.3) is 0 Å². The molecule has 1 aliphatic rings. The maximum absolute atomic E-state index is 12.0. The fraction of sp³-hybridized carbons (Fsp3) is 0.381. The Bertz CT molecular complexity index is 706. The molecule has 4 heteroatoms. The van der Waals surface area contributed by atoms with Crippen molar-refractivity contribution < 1.29 is 9.28 Å². The Balaban J connectivity index is 2.09. The SMILES string of the molecule is CC(=O)N[C@@H](c1ccccc1)C(c1ccc(N)cc1)[N+]1(C)CCCC1. The third-order valence-corrected chi connectivity index (χ3v) is 5.37. The second-order valence-corrected chi connectivity index (χ2v) is 7.33. The van der Waals surface area contributed by atoms with E-state index in [2.05, 4.69) is 36.6 Å². The summed E-state index contributed by atoms with van der Waals surface area (Å²) in [5.74, 6) is 0.0000880. The lowest BCUT2D eigenvalue weighted by atomic mass is 9.90. The summed E-state index contributed by atoms with van der Waals surface area (Å²) in [6, 6.07) is 18.5. The van der Waals surface area contributed by atoms with E-state index in [0.717, 1.165) is 28.8 Å². The predicted octanol–water partition coefficient (Wildman–Crippen LogP) is 3.43. The molecule has 0 aromatic heterocycles. The molecule has 3 rings (SSSR count). The highest BCUT2D eigenvalue weighted by molar-refractivity contribution is 5.73. The van der Waals surface area contributed by atoms with Gasteiger partial charge in [-0.05, 0) is 17.7 Å². The Morgan fingerprint density at radius 1 is 1.00 bits per heavy atom. The molecule has 1 heterocycles. The number of nitrogens with zero attached hydrogens (tertiary/aromatic N) is 1. The van der Waals surface area contributed by atoms with Crippen LogP contribution in [0.2, 0.25) is 0 Å². The Kier molecular flexibility index (Phi) is 5.09. The van der Waals surface area contributed by atoms with E-state index in [1.807, 2.05) is 30.3 Å². The lowest BCUT2D eigenvalue weighted by Crippen LogP contribution is -2.50. The van der Waals surface area contributed by atoms with Crippen LogP contribution in [0.3, 0.4) is 0 Å². The van der Waals surface area contributed by atoms with Crippen molar-refractivity contribution in [3.63, 3.8) is 0 Å². The lowest BCUT2D eigenvalue weighted by molar-refractivity contribution is -0.930. The fourth-order valence-electron chi connectivity index (χ4n) is 4.17. The Morgan fingerprint density at radius 2 is 1.60 bits per heavy atom. The van der Waals surface area contributed by atoms with Gasteiger partial charge in [0.2, 0.25) is 5.91 Å². The number of nitrogen functional groups attached to an aromatic ring is 1. The Hall–Kier alpha value is -2.33. The minimum absolute atomic E-state index is 0.0000880. The summed E-state index contributed by atoms with van der Waals surface area (Å²) < 4.78 is 0.934. The Morgan fingerprint density at radius 3 is 2.16 bits per heavy atom. The molecule has 1 amide bonds. The summed E-state index contributed by atoms with van der Waals surface area (Å²) in [6.45, 7) is 3.84. The second-order valence-electron chi connectivity index (χ2n) is 7.33. The third-order valence-electron chi connectivity index (χ3n) is 5.37. The standard InChI is InChI=1S/C21H27N3O/c1-16(25)23-20(17-8-4-3-5-9-17)21(24(2)14-6-7-15-24)18-10-12-19(22)13-11-18/h3-5,8-13,20-21H,6-7,14-15,22H2,1-2H3/p+1/t20-,21?/m0/s1. The summed E-state index contributed by atoms with van der Waals surface area (Å²) in [5, 5.41) is 3.23. The number of benzene rings is 2. The van der Waals surface area contributed by atoms with Crippen molar-refractivity contribution in [3.05, 3.63) is 65.7 Å². The second kappa shape index (κ2) is 7.28. The minimum atomic E-state index is -0.0644. The first kappa shape index (κ1) is 17.5. The van der Waals surface area contributed by atoms with Crippen LogP contribution in [0, 0.1) is 0 Å². The maximum atomic E-state index is 12.0. The highest BCUT2D eigenvalue weighted by atomic mass is 16.1. The zero-order valence-electron chi connectivity index (χ0n) is 15.1. The number of hydrogen-bond donors (Lipinski definition) is 2. The van der Waals surface area contributed by atoms with E-state index in [0.29, 0.717) is 0 Å². The Labute approximate surface area is 150 Å². The van der Waals surface area contributed by atoms with Gasteiger partial charge >= 0.3 is 0 Å². The molecule has 3 N–H and O–H groups in total. The van der Waals surface area contributed by atoms with Gasteiger partial charge in [-0.1, -0.05) is 42.5 Å². The molecule has 2 atom stereocenters. The zero-order valence-corrected chi connectivity index (χ0v) is 15.1. The van der Waals surface area contributed by atoms with Crippen LogP contribution in [0.4, 0.5) is 5.69 Å². The van der Waals surface area contributed by atoms with Gasteiger partial charge in [0.05, 0.1) is 20.1 Å². The molecule has 0 saturated carbocycles. The molecular formula is C21H28N3O+. The number of likely N-dealkylation sites (N-methyl/N-ethyl adjacent to an activating group) is 1. The summed E-state index contributed by atoms with van der Waals surface area (Å²) in [4.78, 5) is 12.0. The van der Waals surface area contributed by atoms with E-state index >= 15 is 0 Å². The molecule has 1 aliphatic heterocycles. The highest BCUT2D eigenvalue weighted by Gasteiger charge is 2.43. The summed E-state index contributed by atoms with van der Waals surface area (Å²) in [6.07, 6.45) is 2.45. The number of nitrogens with one attached hydrogen (secondary N) is 1. The van der Waals surface area contributed by atoms with Gasteiger partial charge in [-0.25, -0.2) is 0 Å². The van der Waals surface area contributed by atoms with E-state index in [9.17, 15) is 4.79 Å². The molecule has 4 nitrogen and oxygen atoms in total. The average Bonchev–Trinajstić information content (AvgIpc) is 3.04. The van der Waals surface area contributed by atoms with Crippen LogP contribution >= 0.6 is 0 Å². The molecule has 132 valence electrons. The molecule has 0 radical (unpaired) electrons. The summed E-state index contributed by atoms with van der Waals surface area (Å²) >= 11 is 0. The summed E-state index contributed by atoms with van der Waals surface area (Å²) in [7, 11) is 2.31. The van der Waals surface area contributed by atoms with Gasteiger partial charge in [0, 0.05) is 31.0 Å². The van der Waals surface area contributed by atoms with Crippen molar-refractivity contribution in [2.45, 2.75) is 31.8 Å². The van der Waals surface area contributed by atoms with Crippen LogP contribution in [-0.2, 0) is 4.79 Å². The maximum Gasteiger partial charge on any atom is 0.217 e. The lowest BCUT2D eigenvalue weighted by Gasteiger charge is -2.42. The zero-order chi connectivity index (χ0) is 17.9. The summed E-state index contributed by atoms with van der Waals surface area (Å²) in [5.41, 5.74) is 9.04. The van der Waals surface area contributed by atoms with Gasteiger partial charge in [0.15, 0.2) is 0 Å². The monoisotopic (exact) mass is 338 g/mol. The number of hydrogen-bond acceptors (Lipinski definition) is 2. The first-order valence-corrected chi connectivity index (χ1v) is 9.01. The third kappa shape index (κ3) is 3.85. The van der Waals surface area contributed by atoms with Gasteiger partial charge in [-0.2, -0.15) is 0 Å². The quantitative estimate of drug-likeness (QED) is 0.648. The van der Waals surface area contributed by atoms with Crippen molar-refractivity contribution in [2.24, 2.45) is 0 Å². The van der Waals surface area contributed by atoms with E-state index in [1.165, 1.54) is 18.4 Å². The topological polar surface area (TPSA) is 55.1 Å². The molecule has 0 aliphatic carbocycles. The van der Waals surface area contributed by atoms with Gasteiger partial charge in [-0.15, -0.1) is 0 Å². The molecule has 25 heavy (non-hydrogen) atoms. The molecule has 2 aromatic carbocycles. The first-order valence-electron chi connectivity index (χ1n) is 9.01. The normalized spacial score (nSPS) is 18.5. The number of carbonyl (C=O) groups is 1. The highest BCUT2D eigenvalue weighted by Crippen LogP contribution is 2.41. The number of amides is 1. The van der Waals surface area contributed by atoms with Crippen molar-refractivity contribution in [3.8, 4) is 0 Å². The fourth-order valence-corrected chi connectivity index (χ4v) is 4.17. The number of likely N-dealkylation sites (tertiary alicyclic amines) is 1. The average molecular weight is 338 g/mol. The molecule has 0 spiro atoms. The largest absolute Gasteiger partial charge is 0.399 e. The number of quaternary nitrogens is 1. The van der Waals surface area contributed by atoms with Gasteiger partial charge < -0.3 is 15.5 Å². The van der Waals surface area contributed by atoms with E-state index in [4.69, 9.17) is 5.73 Å². The van der Waals surface area contributed by atoms with Crippen LogP contribution < -0.4 is 11.1 Å². The molecular weight excluding hydrogens is 310 g/mol. The van der Waals surface area contributed by atoms with Crippen molar-refractivity contribution in [1.29, 1.82) is 0 Å². The van der Waals surface area contributed by atoms with Crippen LogP contribution in [0.15, 0.2) is 54.6 Å². The van der Waals surface area contributed by atoms with Crippen LogP contribution in [0.5, 0.6) is 0 Å². The van der Waals surface area contributed by atoms with E-state index in [1.54, 1.807) is 6.92 Å².